The lowest BCUT2D eigenvalue weighted by Crippen LogP contribution is -2.23. The Bertz CT molecular complexity index is 769. The third-order valence-corrected chi connectivity index (χ3v) is 3.38. The van der Waals surface area contributed by atoms with E-state index < -0.39 is 0 Å². The first kappa shape index (κ1) is 18.2. The number of carbonyl (C=O) groups excluding carboxylic acids is 3. The molecule has 6 nitrogen and oxygen atoms in total. The number of ketones is 1. The standard InChI is InChI=1S/C19H20N2O4/c1-3-20-19(24)15-5-4-6-16(11-15)21-18(23)12-25-17-9-7-14(8-10-17)13(2)22/h4-11H,3,12H2,1-2H3,(H,20,24)(H,21,23). The fourth-order valence-corrected chi connectivity index (χ4v) is 2.13. The molecule has 0 bridgehead atoms. The van der Waals surface area contributed by atoms with Crippen LogP contribution in [-0.2, 0) is 4.79 Å². The van der Waals surface area contributed by atoms with Crippen molar-refractivity contribution in [3.05, 3.63) is 59.7 Å². The second kappa shape index (κ2) is 8.63. The van der Waals surface area contributed by atoms with Crippen molar-refractivity contribution in [2.75, 3.05) is 18.5 Å². The van der Waals surface area contributed by atoms with Crippen LogP contribution in [0.5, 0.6) is 5.75 Å². The summed E-state index contributed by atoms with van der Waals surface area (Å²) in [5, 5.41) is 5.38. The van der Waals surface area contributed by atoms with Crippen molar-refractivity contribution in [3.63, 3.8) is 0 Å². The van der Waals surface area contributed by atoms with Crippen LogP contribution in [0.4, 0.5) is 5.69 Å². The van der Waals surface area contributed by atoms with Crippen molar-refractivity contribution in [2.24, 2.45) is 0 Å². The van der Waals surface area contributed by atoms with E-state index in [0.29, 0.717) is 29.1 Å². The molecule has 2 amide bonds. The summed E-state index contributed by atoms with van der Waals surface area (Å²) in [4.78, 5) is 35.0. The molecule has 130 valence electrons. The number of anilines is 1. The zero-order valence-corrected chi connectivity index (χ0v) is 14.2. The maximum Gasteiger partial charge on any atom is 0.262 e. The zero-order chi connectivity index (χ0) is 18.2. The van der Waals surface area contributed by atoms with Crippen LogP contribution in [0, 0.1) is 0 Å². The predicted molar refractivity (Wildman–Crippen MR) is 95.0 cm³/mol. The smallest absolute Gasteiger partial charge is 0.262 e. The molecule has 0 aliphatic carbocycles. The monoisotopic (exact) mass is 340 g/mol. The Labute approximate surface area is 146 Å². The lowest BCUT2D eigenvalue weighted by atomic mass is 10.1. The third-order valence-electron chi connectivity index (χ3n) is 3.38. The van der Waals surface area contributed by atoms with Gasteiger partial charge in [-0.2, -0.15) is 0 Å². The molecule has 0 unspecified atom stereocenters. The minimum atomic E-state index is -0.344. The van der Waals surface area contributed by atoms with E-state index in [9.17, 15) is 14.4 Å². The van der Waals surface area contributed by atoms with Gasteiger partial charge in [-0.15, -0.1) is 0 Å². The Morgan fingerprint density at radius 2 is 1.72 bits per heavy atom. The maximum absolute atomic E-state index is 12.0. The van der Waals surface area contributed by atoms with Crippen molar-refractivity contribution in [1.29, 1.82) is 0 Å². The van der Waals surface area contributed by atoms with Gasteiger partial charge in [0.15, 0.2) is 12.4 Å². The van der Waals surface area contributed by atoms with E-state index in [1.165, 1.54) is 6.92 Å². The first-order valence-corrected chi connectivity index (χ1v) is 7.91. The maximum atomic E-state index is 12.0. The Balaban J connectivity index is 1.90. The minimum absolute atomic E-state index is 0.0312. The molecule has 0 aromatic heterocycles. The molecule has 2 aromatic carbocycles. The molecule has 0 spiro atoms. The molecule has 0 saturated carbocycles. The summed E-state index contributed by atoms with van der Waals surface area (Å²) in [5.74, 6) is -0.0726. The Kier molecular flexibility index (Phi) is 6.28. The summed E-state index contributed by atoms with van der Waals surface area (Å²) in [6, 6.07) is 13.2. The van der Waals surface area contributed by atoms with Gasteiger partial charge in [0.2, 0.25) is 0 Å². The predicted octanol–water partition coefficient (Wildman–Crippen LogP) is 2.66. The number of benzene rings is 2. The van der Waals surface area contributed by atoms with E-state index in [4.69, 9.17) is 4.74 Å². The van der Waals surface area contributed by atoms with Gasteiger partial charge in [0.1, 0.15) is 5.75 Å². The quantitative estimate of drug-likeness (QED) is 0.759. The molecule has 0 saturated heterocycles. The van der Waals surface area contributed by atoms with Crippen molar-refractivity contribution in [3.8, 4) is 5.75 Å². The van der Waals surface area contributed by atoms with Gasteiger partial charge in [0.25, 0.3) is 11.8 Å². The highest BCUT2D eigenvalue weighted by Gasteiger charge is 2.08. The molecule has 2 rings (SSSR count). The Hall–Kier alpha value is -3.15. The number of carbonyl (C=O) groups is 3. The molecule has 25 heavy (non-hydrogen) atoms. The molecule has 0 radical (unpaired) electrons. The molecule has 0 heterocycles. The van der Waals surface area contributed by atoms with Crippen molar-refractivity contribution >= 4 is 23.3 Å². The molecular weight excluding hydrogens is 320 g/mol. The van der Waals surface area contributed by atoms with E-state index in [0.717, 1.165) is 0 Å². The van der Waals surface area contributed by atoms with Gasteiger partial charge in [0, 0.05) is 23.4 Å². The normalized spacial score (nSPS) is 10.0. The number of hydrogen-bond acceptors (Lipinski definition) is 4. The highest BCUT2D eigenvalue weighted by Crippen LogP contribution is 2.14. The van der Waals surface area contributed by atoms with Gasteiger partial charge in [-0.05, 0) is 56.3 Å². The number of Topliss-reactive ketones (excluding diaryl/α,β-unsaturated/α-hetero) is 1. The van der Waals surface area contributed by atoms with E-state index in [-0.39, 0.29) is 24.2 Å². The van der Waals surface area contributed by atoms with E-state index in [1.54, 1.807) is 48.5 Å². The number of rotatable bonds is 7. The second-order valence-electron chi connectivity index (χ2n) is 5.36. The van der Waals surface area contributed by atoms with Crippen LogP contribution in [0.1, 0.15) is 34.6 Å². The van der Waals surface area contributed by atoms with E-state index in [2.05, 4.69) is 10.6 Å². The van der Waals surface area contributed by atoms with Crippen molar-refractivity contribution in [1.82, 2.24) is 5.32 Å². The number of ether oxygens (including phenoxy) is 1. The summed E-state index contributed by atoms with van der Waals surface area (Å²) in [6.45, 7) is 3.68. The van der Waals surface area contributed by atoms with Crippen LogP contribution in [0.2, 0.25) is 0 Å². The fraction of sp³-hybridized carbons (Fsp3) is 0.211. The first-order chi connectivity index (χ1) is 12.0. The van der Waals surface area contributed by atoms with Gasteiger partial charge < -0.3 is 15.4 Å². The molecule has 0 aliphatic heterocycles. The van der Waals surface area contributed by atoms with Crippen LogP contribution >= 0.6 is 0 Å². The summed E-state index contributed by atoms with van der Waals surface area (Å²) >= 11 is 0. The lowest BCUT2D eigenvalue weighted by Gasteiger charge is -2.09. The van der Waals surface area contributed by atoms with Crippen LogP contribution < -0.4 is 15.4 Å². The van der Waals surface area contributed by atoms with Crippen LogP contribution in [0.15, 0.2) is 48.5 Å². The number of hydrogen-bond donors (Lipinski definition) is 2. The molecule has 0 fully saturated rings. The first-order valence-electron chi connectivity index (χ1n) is 7.91. The summed E-state index contributed by atoms with van der Waals surface area (Å²) < 4.78 is 5.39. The lowest BCUT2D eigenvalue weighted by molar-refractivity contribution is -0.118. The van der Waals surface area contributed by atoms with Gasteiger partial charge in [-0.25, -0.2) is 0 Å². The topological polar surface area (TPSA) is 84.5 Å². The molecule has 0 atom stereocenters. The molecule has 0 aliphatic rings. The number of amides is 2. The average Bonchev–Trinajstić information content (AvgIpc) is 2.61. The van der Waals surface area contributed by atoms with Crippen LogP contribution in [0.25, 0.3) is 0 Å². The highest BCUT2D eigenvalue weighted by atomic mass is 16.5. The SMILES string of the molecule is CCNC(=O)c1cccc(NC(=O)COc2ccc(C(C)=O)cc2)c1. The van der Waals surface area contributed by atoms with Gasteiger partial charge in [-0.3, -0.25) is 14.4 Å². The average molecular weight is 340 g/mol. The fourth-order valence-electron chi connectivity index (χ4n) is 2.13. The Morgan fingerprint density at radius 3 is 2.36 bits per heavy atom. The summed E-state index contributed by atoms with van der Waals surface area (Å²) in [5.41, 5.74) is 1.57. The largest absolute Gasteiger partial charge is 0.484 e. The molecule has 2 N–H and O–H groups in total. The minimum Gasteiger partial charge on any atom is -0.484 e. The Morgan fingerprint density at radius 1 is 1.00 bits per heavy atom. The number of nitrogens with one attached hydrogen (secondary N) is 2. The van der Waals surface area contributed by atoms with Gasteiger partial charge in [0.05, 0.1) is 0 Å². The van der Waals surface area contributed by atoms with Crippen molar-refractivity contribution < 1.29 is 19.1 Å². The third kappa shape index (κ3) is 5.46. The zero-order valence-electron chi connectivity index (χ0n) is 14.2. The van der Waals surface area contributed by atoms with E-state index >= 15 is 0 Å². The molecule has 2 aromatic rings. The van der Waals surface area contributed by atoms with Crippen LogP contribution in [-0.4, -0.2) is 30.7 Å². The highest BCUT2D eigenvalue weighted by molar-refractivity contribution is 5.97. The summed E-state index contributed by atoms with van der Waals surface area (Å²) in [6.07, 6.45) is 0. The van der Waals surface area contributed by atoms with Gasteiger partial charge in [-0.1, -0.05) is 6.07 Å². The molecule has 6 heteroatoms. The van der Waals surface area contributed by atoms with Crippen LogP contribution in [0.3, 0.4) is 0 Å². The molecular formula is C19H20N2O4. The van der Waals surface area contributed by atoms with Gasteiger partial charge >= 0.3 is 0 Å². The van der Waals surface area contributed by atoms with E-state index in [1.807, 2.05) is 6.92 Å². The summed E-state index contributed by atoms with van der Waals surface area (Å²) in [7, 11) is 0. The van der Waals surface area contributed by atoms with Crippen molar-refractivity contribution in [2.45, 2.75) is 13.8 Å². The second-order valence-corrected chi connectivity index (χ2v) is 5.36.